The lowest BCUT2D eigenvalue weighted by atomic mass is 10.1. The molecule has 158 valence electrons. The molecule has 0 radical (unpaired) electrons. The SMILES string of the molecule is Nc1nc(Cl)c(C#Cc2ccc(-c3cccnc3)s2)c(NC2CC(CO)C(O)C2=O)n1. The Balaban J connectivity index is 1.62. The Kier molecular flexibility index (Phi) is 6.15. The molecule has 4 rings (SSSR count). The molecule has 10 heteroatoms. The molecule has 0 amide bonds. The van der Waals surface area contributed by atoms with Gasteiger partial charge in [-0.05, 0) is 24.6 Å². The summed E-state index contributed by atoms with van der Waals surface area (Å²) in [6.07, 6.45) is 2.52. The number of rotatable bonds is 4. The van der Waals surface area contributed by atoms with Crippen molar-refractivity contribution in [2.24, 2.45) is 5.92 Å². The van der Waals surface area contributed by atoms with Gasteiger partial charge in [0.2, 0.25) is 5.95 Å². The van der Waals surface area contributed by atoms with Crippen LogP contribution in [0.5, 0.6) is 0 Å². The summed E-state index contributed by atoms with van der Waals surface area (Å²) in [5.74, 6) is 5.18. The zero-order chi connectivity index (χ0) is 22.0. The van der Waals surface area contributed by atoms with Gasteiger partial charge in [0.25, 0.3) is 0 Å². The molecule has 1 fully saturated rings. The monoisotopic (exact) mass is 455 g/mol. The molecule has 0 saturated heterocycles. The number of thiophene rings is 1. The van der Waals surface area contributed by atoms with Gasteiger partial charge in [-0.3, -0.25) is 9.78 Å². The molecule has 1 saturated carbocycles. The molecule has 3 unspecified atom stereocenters. The summed E-state index contributed by atoms with van der Waals surface area (Å²) in [5, 5.41) is 22.3. The minimum Gasteiger partial charge on any atom is -0.396 e. The van der Waals surface area contributed by atoms with Gasteiger partial charge in [-0.25, -0.2) is 0 Å². The third kappa shape index (κ3) is 4.52. The van der Waals surface area contributed by atoms with E-state index in [1.807, 2.05) is 24.3 Å². The summed E-state index contributed by atoms with van der Waals surface area (Å²) in [6.45, 7) is -0.290. The van der Waals surface area contributed by atoms with Crippen LogP contribution in [-0.2, 0) is 4.79 Å². The van der Waals surface area contributed by atoms with Crippen molar-refractivity contribution >= 4 is 40.5 Å². The van der Waals surface area contributed by atoms with Crippen LogP contribution in [0.4, 0.5) is 11.8 Å². The van der Waals surface area contributed by atoms with E-state index in [2.05, 4.69) is 32.1 Å². The van der Waals surface area contributed by atoms with Crippen LogP contribution < -0.4 is 11.1 Å². The zero-order valence-corrected chi connectivity index (χ0v) is 17.7. The fourth-order valence-corrected chi connectivity index (χ4v) is 4.39. The first-order chi connectivity index (χ1) is 15.0. The van der Waals surface area contributed by atoms with E-state index in [1.165, 1.54) is 11.3 Å². The van der Waals surface area contributed by atoms with Crippen LogP contribution in [0.25, 0.3) is 10.4 Å². The Morgan fingerprint density at radius 1 is 1.29 bits per heavy atom. The molecule has 0 aliphatic heterocycles. The number of nitrogens with two attached hydrogens (primary N) is 1. The van der Waals surface area contributed by atoms with Crippen molar-refractivity contribution in [3.63, 3.8) is 0 Å². The number of nitrogens with zero attached hydrogens (tertiary/aromatic N) is 3. The number of aliphatic hydroxyl groups is 2. The van der Waals surface area contributed by atoms with Crippen LogP contribution in [0.15, 0.2) is 36.7 Å². The quantitative estimate of drug-likeness (QED) is 0.346. The number of anilines is 2. The molecule has 0 bridgehead atoms. The number of aliphatic hydroxyl groups excluding tert-OH is 2. The number of nitrogens with one attached hydrogen (secondary N) is 1. The number of aromatic nitrogens is 3. The number of halogens is 1. The Bertz CT molecular complexity index is 1170. The van der Waals surface area contributed by atoms with E-state index in [0.717, 1.165) is 15.3 Å². The third-order valence-corrected chi connectivity index (χ3v) is 6.23. The molecule has 3 aromatic heterocycles. The lowest BCUT2D eigenvalue weighted by Gasteiger charge is -2.14. The Morgan fingerprint density at radius 2 is 2.13 bits per heavy atom. The van der Waals surface area contributed by atoms with Gasteiger partial charge in [-0.1, -0.05) is 29.5 Å². The highest BCUT2D eigenvalue weighted by Crippen LogP contribution is 2.29. The zero-order valence-electron chi connectivity index (χ0n) is 16.1. The topological polar surface area (TPSA) is 134 Å². The van der Waals surface area contributed by atoms with Crippen LogP contribution in [-0.4, -0.2) is 49.7 Å². The first-order valence-corrected chi connectivity index (χ1v) is 10.6. The fraction of sp³-hybridized carbons (Fsp3) is 0.238. The molecule has 3 heterocycles. The predicted molar refractivity (Wildman–Crippen MR) is 119 cm³/mol. The van der Waals surface area contributed by atoms with Crippen molar-refractivity contribution in [2.45, 2.75) is 18.6 Å². The molecular formula is C21H18ClN5O3S. The highest BCUT2D eigenvalue weighted by molar-refractivity contribution is 7.16. The number of ketones is 1. The standard InChI is InChI=1S/C21H18ClN5O3S/c22-19-14(5-3-13-4-6-16(31-13)11-2-1-7-24-9-11)20(27-21(23)26-19)25-15-8-12(10-28)17(29)18(15)30/h1-2,4,6-7,9,12,15,17,28-29H,8,10H2,(H3,23,25,26,27). The molecule has 0 spiro atoms. The van der Waals surface area contributed by atoms with Gasteiger partial charge in [0.15, 0.2) is 10.9 Å². The van der Waals surface area contributed by atoms with E-state index in [9.17, 15) is 15.0 Å². The first kappa shape index (κ1) is 21.2. The molecular weight excluding hydrogens is 438 g/mol. The minimum atomic E-state index is -1.23. The second-order valence-corrected chi connectivity index (χ2v) is 8.42. The maximum absolute atomic E-state index is 12.3. The van der Waals surface area contributed by atoms with Crippen molar-refractivity contribution in [1.82, 2.24) is 15.0 Å². The molecule has 31 heavy (non-hydrogen) atoms. The average Bonchev–Trinajstić information content (AvgIpc) is 3.34. The molecule has 8 nitrogen and oxygen atoms in total. The third-order valence-electron chi connectivity index (χ3n) is 4.91. The minimum absolute atomic E-state index is 0.0521. The van der Waals surface area contributed by atoms with Crippen molar-refractivity contribution in [3.8, 4) is 22.3 Å². The van der Waals surface area contributed by atoms with E-state index in [4.69, 9.17) is 17.3 Å². The lowest BCUT2D eigenvalue weighted by molar-refractivity contribution is -0.126. The normalized spacial score (nSPS) is 20.4. The maximum Gasteiger partial charge on any atom is 0.223 e. The van der Waals surface area contributed by atoms with Crippen LogP contribution in [0.3, 0.4) is 0 Å². The van der Waals surface area contributed by atoms with Gasteiger partial charge in [0.1, 0.15) is 17.5 Å². The second kappa shape index (κ2) is 8.99. The highest BCUT2D eigenvalue weighted by Gasteiger charge is 2.41. The van der Waals surface area contributed by atoms with Gasteiger partial charge in [0.05, 0.1) is 10.9 Å². The summed E-state index contributed by atoms with van der Waals surface area (Å²) in [6, 6.07) is 6.94. The maximum atomic E-state index is 12.3. The van der Waals surface area contributed by atoms with E-state index in [1.54, 1.807) is 12.4 Å². The summed E-state index contributed by atoms with van der Waals surface area (Å²) in [5.41, 5.74) is 7.01. The molecule has 3 aromatic rings. The van der Waals surface area contributed by atoms with Crippen molar-refractivity contribution < 1.29 is 15.0 Å². The van der Waals surface area contributed by atoms with Gasteiger partial charge >= 0.3 is 0 Å². The number of carbonyl (C=O) groups excluding carboxylic acids is 1. The van der Waals surface area contributed by atoms with Gasteiger partial charge in [-0.2, -0.15) is 9.97 Å². The van der Waals surface area contributed by atoms with E-state index in [-0.39, 0.29) is 29.9 Å². The summed E-state index contributed by atoms with van der Waals surface area (Å²) >= 11 is 7.76. The molecule has 1 aliphatic rings. The summed E-state index contributed by atoms with van der Waals surface area (Å²) < 4.78 is 0. The van der Waals surface area contributed by atoms with E-state index < -0.39 is 23.8 Å². The fourth-order valence-electron chi connectivity index (χ4n) is 3.31. The lowest BCUT2D eigenvalue weighted by Crippen LogP contribution is -2.31. The molecule has 1 aliphatic carbocycles. The highest BCUT2D eigenvalue weighted by atomic mass is 35.5. The van der Waals surface area contributed by atoms with Gasteiger partial charge in [-0.15, -0.1) is 11.3 Å². The Morgan fingerprint density at radius 3 is 2.84 bits per heavy atom. The van der Waals surface area contributed by atoms with Crippen LogP contribution in [0.1, 0.15) is 16.9 Å². The first-order valence-electron chi connectivity index (χ1n) is 9.40. The summed E-state index contributed by atoms with van der Waals surface area (Å²) in [7, 11) is 0. The van der Waals surface area contributed by atoms with Crippen molar-refractivity contribution in [2.75, 3.05) is 17.7 Å². The second-order valence-electron chi connectivity index (χ2n) is 6.97. The van der Waals surface area contributed by atoms with Crippen LogP contribution >= 0.6 is 22.9 Å². The number of hydrogen-bond donors (Lipinski definition) is 4. The largest absolute Gasteiger partial charge is 0.396 e. The smallest absolute Gasteiger partial charge is 0.223 e. The average molecular weight is 456 g/mol. The Hall–Kier alpha value is -3.03. The number of nitrogen functional groups attached to an aromatic ring is 1. The molecule has 5 N–H and O–H groups in total. The predicted octanol–water partition coefficient (Wildman–Crippen LogP) is 1.96. The number of pyridine rings is 1. The number of hydrogen-bond acceptors (Lipinski definition) is 9. The molecule has 0 aromatic carbocycles. The van der Waals surface area contributed by atoms with Crippen molar-refractivity contribution in [1.29, 1.82) is 0 Å². The van der Waals surface area contributed by atoms with Gasteiger partial charge < -0.3 is 21.3 Å². The van der Waals surface area contributed by atoms with E-state index in [0.29, 0.717) is 5.56 Å². The number of carbonyl (C=O) groups is 1. The molecule has 3 atom stereocenters. The van der Waals surface area contributed by atoms with Crippen LogP contribution in [0, 0.1) is 17.8 Å². The Labute approximate surface area is 187 Å². The summed E-state index contributed by atoms with van der Waals surface area (Å²) in [4.78, 5) is 26.3. The van der Waals surface area contributed by atoms with Gasteiger partial charge in [0, 0.05) is 35.4 Å². The van der Waals surface area contributed by atoms with Crippen LogP contribution in [0.2, 0.25) is 5.15 Å². The van der Waals surface area contributed by atoms with E-state index >= 15 is 0 Å². The van der Waals surface area contributed by atoms with Crippen molar-refractivity contribution in [3.05, 3.63) is 52.3 Å². The number of Topliss-reactive ketones (excluding diaryl/α,β-unsaturated/α-hetero) is 1.